The zero-order chi connectivity index (χ0) is 86.3. The van der Waals surface area contributed by atoms with Crippen molar-refractivity contribution in [1.82, 2.24) is 59.3 Å². The van der Waals surface area contributed by atoms with Gasteiger partial charge in [-0.1, -0.05) is 68.3 Å². The van der Waals surface area contributed by atoms with Gasteiger partial charge in [0.25, 0.3) is 0 Å². The first-order valence-electron chi connectivity index (χ1n) is 43.2. The molecule has 7 aromatic rings. The molecule has 0 saturated carbocycles. The quantitative estimate of drug-likeness (QED) is 0.0539. The first-order chi connectivity index (χ1) is 59.3. The highest BCUT2D eigenvalue weighted by atomic mass is 19.4. The fourth-order valence-electron chi connectivity index (χ4n) is 20.5. The van der Waals surface area contributed by atoms with Crippen LogP contribution in [0.1, 0.15) is 131 Å². The Balaban J connectivity index is 0.631. The predicted octanol–water partition coefficient (Wildman–Crippen LogP) is 10.8. The molecule has 8 atom stereocenters. The molecule has 9 aliphatic heterocycles. The standard InChI is InChI=1S/C93H110F3N21O6/c1-11-82(118)115-41-38-112(50-65(115)24-31-97)86-74-28-36-110(80-21-16-18-59(4)85(80)93(94,95)96)54-77(74)100-89(103-86)121-56-68-45-63(48-106(68)8)62-44-60(5)61(6)81(47-62)111-37-29-75-78(55-111)101-90(104-87(75)113-39-42-116(83(119)12-2)66(51-113)25-32-98)122-57-69-46-64(49-107(69)9)70-22-23-79(72-20-15-14-19-71(70)72)109-35-27-73-76(53-109)102-91(123-58-92(7)30-17-34-108(92)10)105-88(73)114-40-43-117(84(120)13-3)67(52-114)26-33-99/h11-16,18-23,44,47,63-69H,1-3,17,24-30,34-43,45-46,48-58H2,4-10H3/t63?,64?,65-,66-,67?,68-,69-,92-/m0/s1. The molecular formula is C93H110F3N21O6. The number of amides is 3. The highest BCUT2D eigenvalue weighted by Gasteiger charge is 2.44. The number of carbonyl (C=O) groups is 3. The second kappa shape index (κ2) is 35.7. The van der Waals surface area contributed by atoms with Crippen LogP contribution in [0.3, 0.4) is 0 Å². The third kappa shape index (κ3) is 17.2. The molecule has 6 fully saturated rings. The Hall–Kier alpha value is -11.7. The van der Waals surface area contributed by atoms with Crippen molar-refractivity contribution >= 4 is 63.0 Å². The summed E-state index contributed by atoms with van der Waals surface area (Å²) in [4.78, 5) is 95.7. The van der Waals surface area contributed by atoms with Gasteiger partial charge in [0.1, 0.15) is 37.3 Å². The molecule has 3 aromatic heterocycles. The number of alkyl halides is 3. The van der Waals surface area contributed by atoms with Gasteiger partial charge in [-0.05, 0) is 182 Å². The number of carbonyl (C=O) groups excluding carboxylic acids is 3. The highest BCUT2D eigenvalue weighted by molar-refractivity contribution is 5.97. The minimum absolute atomic E-state index is 0.0120. The van der Waals surface area contributed by atoms with Crippen molar-refractivity contribution < 1.29 is 41.8 Å². The van der Waals surface area contributed by atoms with Crippen molar-refractivity contribution in [3.63, 3.8) is 0 Å². The zero-order valence-electron chi connectivity index (χ0n) is 71.6. The van der Waals surface area contributed by atoms with Crippen molar-refractivity contribution in [1.29, 1.82) is 15.8 Å². The number of hydrogen-bond donors (Lipinski definition) is 0. The van der Waals surface area contributed by atoms with Gasteiger partial charge < -0.3 is 58.3 Å². The maximum Gasteiger partial charge on any atom is 0.418 e. The lowest BCUT2D eigenvalue weighted by Crippen LogP contribution is -2.55. The Bertz CT molecular complexity index is 5380. The smallest absolute Gasteiger partial charge is 0.418 e. The van der Waals surface area contributed by atoms with E-state index < -0.39 is 17.8 Å². The second-order valence-electron chi connectivity index (χ2n) is 35.0. The maximum atomic E-state index is 14.8. The number of aryl methyl sites for hydroxylation is 2. The molecule has 123 heavy (non-hydrogen) atoms. The van der Waals surface area contributed by atoms with Crippen LogP contribution < -0.4 is 43.6 Å². The van der Waals surface area contributed by atoms with Gasteiger partial charge in [-0.15, -0.1) is 0 Å². The summed E-state index contributed by atoms with van der Waals surface area (Å²) in [5, 5.41) is 32.3. The van der Waals surface area contributed by atoms with Crippen LogP contribution in [-0.2, 0) is 59.5 Å². The van der Waals surface area contributed by atoms with Crippen LogP contribution in [0, 0.1) is 54.8 Å². The molecule has 6 saturated heterocycles. The normalized spacial score (nSPS) is 23.3. The molecule has 27 nitrogen and oxygen atoms in total. The molecule has 0 radical (unpaired) electrons. The van der Waals surface area contributed by atoms with Crippen molar-refractivity contribution in [2.24, 2.45) is 0 Å². The Morgan fingerprint density at radius 2 is 0.959 bits per heavy atom. The largest absolute Gasteiger partial charge is 0.462 e. The number of nitrogens with zero attached hydrogens (tertiary/aromatic N) is 21. The molecule has 4 aromatic carbocycles. The fraction of sp³-hybridized carbons (Fsp3) is 0.505. The number of likely N-dealkylation sites (N-methyl/N-ethyl adjacent to an activating group) is 3. The maximum absolute atomic E-state index is 14.8. The minimum atomic E-state index is -4.58. The average Bonchev–Trinajstić information content (AvgIpc) is 1.67. The Morgan fingerprint density at radius 1 is 0.504 bits per heavy atom. The molecule has 0 aliphatic carbocycles. The molecule has 3 unspecified atom stereocenters. The Kier molecular flexibility index (Phi) is 24.6. The third-order valence-electron chi connectivity index (χ3n) is 27.7. The van der Waals surface area contributed by atoms with Gasteiger partial charge >= 0.3 is 24.2 Å². The Morgan fingerprint density at radius 3 is 1.42 bits per heavy atom. The van der Waals surface area contributed by atoms with E-state index in [1.165, 1.54) is 53.8 Å². The monoisotopic (exact) mass is 1670 g/mol. The van der Waals surface area contributed by atoms with E-state index >= 15 is 0 Å². The van der Waals surface area contributed by atoms with Crippen LogP contribution in [0.15, 0.2) is 105 Å². The number of benzene rings is 4. The summed E-state index contributed by atoms with van der Waals surface area (Å²) in [5.74, 6) is 1.78. The lowest BCUT2D eigenvalue weighted by molar-refractivity contribution is -0.137. The van der Waals surface area contributed by atoms with E-state index in [0.29, 0.717) is 129 Å². The first-order valence-corrected chi connectivity index (χ1v) is 43.2. The average molecular weight is 1680 g/mol. The van der Waals surface area contributed by atoms with Gasteiger partial charge in [-0.25, -0.2) is 0 Å². The van der Waals surface area contributed by atoms with E-state index in [2.05, 4.69) is 168 Å². The lowest BCUT2D eigenvalue weighted by atomic mass is 9.90. The van der Waals surface area contributed by atoms with E-state index in [1.54, 1.807) is 25.7 Å². The summed E-state index contributed by atoms with van der Waals surface area (Å²) in [6.07, 6.45) is 5.07. The summed E-state index contributed by atoms with van der Waals surface area (Å²) < 4.78 is 64.6. The molecule has 9 aliphatic rings. The summed E-state index contributed by atoms with van der Waals surface area (Å²) in [7, 11) is 6.40. The summed E-state index contributed by atoms with van der Waals surface area (Å²) in [6.45, 7) is 29.3. The van der Waals surface area contributed by atoms with Gasteiger partial charge in [0.15, 0.2) is 0 Å². The van der Waals surface area contributed by atoms with Gasteiger partial charge in [0, 0.05) is 143 Å². The van der Waals surface area contributed by atoms with Crippen molar-refractivity contribution in [3.05, 3.63) is 172 Å². The topological polar surface area (TPSA) is 266 Å². The first kappa shape index (κ1) is 84.9. The van der Waals surface area contributed by atoms with Gasteiger partial charge in [0.2, 0.25) is 17.7 Å². The van der Waals surface area contributed by atoms with E-state index in [4.69, 9.17) is 44.1 Å². The number of likely N-dealkylation sites (tertiary alicyclic amines) is 3. The lowest BCUT2D eigenvalue weighted by Gasteiger charge is -2.42. The minimum Gasteiger partial charge on any atom is -0.462 e. The van der Waals surface area contributed by atoms with Crippen LogP contribution in [0.25, 0.3) is 10.8 Å². The SMILES string of the molecule is C=CC(=O)N1CCN(c2nc(OC[C@]3(C)CCCN3C)nc3c2CCN(c2ccc(C4C[C@@H](COc5nc6c(c(N7CCN(C(=O)C=C)[C@@H](CC#N)C7)n5)CCN(c5cc(C7C[C@@H](COc8nc9c(c(N%10CCN(C(=O)C=C)[C@@H](CC#N)C%10)n8)CCN(c8cccc(C)c8C(F)(F)F)C9)N(C)C7)cc(C)c5C)C6)N(C)C4)c4ccccc24)C3)CC1CC#N. The van der Waals surface area contributed by atoms with Crippen LogP contribution in [0.2, 0.25) is 0 Å². The number of halogens is 3. The van der Waals surface area contributed by atoms with Gasteiger partial charge in [0.05, 0.1) is 103 Å². The summed E-state index contributed by atoms with van der Waals surface area (Å²) in [5.41, 5.74) is 11.5. The molecule has 3 amide bonds. The predicted molar refractivity (Wildman–Crippen MR) is 465 cm³/mol. The van der Waals surface area contributed by atoms with Gasteiger partial charge in [-0.3, -0.25) is 29.1 Å². The van der Waals surface area contributed by atoms with Crippen LogP contribution in [-0.4, -0.2) is 252 Å². The second-order valence-corrected chi connectivity index (χ2v) is 35.0. The van der Waals surface area contributed by atoms with Crippen LogP contribution >= 0.6 is 0 Å². The van der Waals surface area contributed by atoms with E-state index in [1.807, 2.05) is 0 Å². The number of piperazine rings is 3. The molecule has 16 rings (SSSR count). The summed E-state index contributed by atoms with van der Waals surface area (Å²) in [6, 6.07) is 28.9. The van der Waals surface area contributed by atoms with Crippen LogP contribution in [0.5, 0.6) is 18.0 Å². The molecular weight excluding hydrogens is 1560 g/mol. The van der Waals surface area contributed by atoms with E-state index in [-0.39, 0.29) is 121 Å². The molecule has 30 heteroatoms. The fourth-order valence-corrected chi connectivity index (χ4v) is 20.5. The number of aromatic nitrogens is 6. The molecule has 0 bridgehead atoms. The number of nitriles is 3. The van der Waals surface area contributed by atoms with Gasteiger partial charge in [-0.2, -0.15) is 58.9 Å². The highest BCUT2D eigenvalue weighted by Crippen LogP contribution is 2.46. The molecule has 0 N–H and O–H groups in total. The number of hydrogen-bond acceptors (Lipinski definition) is 24. The third-order valence-corrected chi connectivity index (χ3v) is 27.7. The number of ether oxygens (including phenoxy) is 3. The Labute approximate surface area is 718 Å². The molecule has 644 valence electrons. The number of anilines is 6. The van der Waals surface area contributed by atoms with Crippen molar-refractivity contribution in [2.45, 2.75) is 165 Å². The van der Waals surface area contributed by atoms with E-state index in [9.17, 15) is 43.3 Å². The zero-order valence-corrected chi connectivity index (χ0v) is 71.6. The van der Waals surface area contributed by atoms with Crippen LogP contribution in [0.4, 0.5) is 47.7 Å². The number of rotatable bonds is 23. The molecule has 0 spiro atoms. The van der Waals surface area contributed by atoms with Crippen molar-refractivity contribution in [3.8, 4) is 36.2 Å². The number of fused-ring (bicyclic) bond motifs is 4. The summed E-state index contributed by atoms with van der Waals surface area (Å²) >= 11 is 0. The van der Waals surface area contributed by atoms with Crippen molar-refractivity contribution in [2.75, 3.05) is 169 Å². The van der Waals surface area contributed by atoms with E-state index in [0.717, 1.165) is 119 Å². The molecule has 12 heterocycles.